The summed E-state index contributed by atoms with van der Waals surface area (Å²) in [4.78, 5) is 9.83. The zero-order valence-corrected chi connectivity index (χ0v) is 7.08. The molecule has 0 saturated heterocycles. The second-order valence-electron chi connectivity index (χ2n) is 1.50. The van der Waals surface area contributed by atoms with Crippen molar-refractivity contribution in [2.24, 2.45) is 0 Å². The molecule has 3 nitrogen and oxygen atoms in total. The summed E-state index contributed by atoms with van der Waals surface area (Å²) in [5.74, 6) is -1.09. The normalized spacial score (nSPS) is 11.5. The molecule has 0 aromatic carbocycles. The van der Waals surface area contributed by atoms with Crippen molar-refractivity contribution in [1.82, 2.24) is 0 Å². The maximum absolute atomic E-state index is 9.83. The molecule has 0 amide bonds. The van der Waals surface area contributed by atoms with Gasteiger partial charge in [0.25, 0.3) is 0 Å². The molecule has 0 unspecified atom stereocenters. The summed E-state index contributed by atoms with van der Waals surface area (Å²) in [5.41, 5.74) is 0. The summed E-state index contributed by atoms with van der Waals surface area (Å²) in [5, 5.41) is 8.06. The molecule has 0 spiro atoms. The molecule has 0 fully saturated rings. The molecule has 0 aromatic rings. The van der Waals surface area contributed by atoms with Crippen LogP contribution in [0.2, 0.25) is 0 Å². The quantitative estimate of drug-likeness (QED) is 0.713. The molecular weight excluding hydrogens is 202 g/mol. The van der Waals surface area contributed by atoms with Crippen LogP contribution in [0.3, 0.4) is 0 Å². The van der Waals surface area contributed by atoms with Crippen molar-refractivity contribution in [3.63, 3.8) is 0 Å². The van der Waals surface area contributed by atoms with E-state index in [2.05, 4.69) is 4.74 Å². The van der Waals surface area contributed by atoms with Crippen molar-refractivity contribution in [2.45, 2.75) is 3.79 Å². The van der Waals surface area contributed by atoms with Gasteiger partial charge in [0.05, 0.1) is 6.61 Å². The summed E-state index contributed by atoms with van der Waals surface area (Å²) >= 11 is 15.7. The second-order valence-corrected chi connectivity index (χ2v) is 4.02. The first-order valence-corrected chi connectivity index (χ1v) is 3.41. The number of halogens is 3. The van der Waals surface area contributed by atoms with Crippen molar-refractivity contribution in [1.29, 1.82) is 0 Å². The van der Waals surface area contributed by atoms with E-state index in [1.165, 1.54) is 0 Å². The maximum atomic E-state index is 9.83. The Kier molecular flexibility index (Phi) is 4.36. The molecule has 0 aliphatic carbocycles. The summed E-state index contributed by atoms with van der Waals surface area (Å²) < 4.78 is 2.93. The third kappa shape index (κ3) is 8.30. The van der Waals surface area contributed by atoms with Crippen LogP contribution in [0, 0.1) is 0 Å². The van der Waals surface area contributed by atoms with Crippen LogP contribution < -0.4 is 0 Å². The molecule has 0 aliphatic heterocycles. The first-order chi connectivity index (χ1) is 4.42. The van der Waals surface area contributed by atoms with Gasteiger partial charge >= 0.3 is 5.97 Å². The molecule has 6 heteroatoms. The lowest BCUT2D eigenvalue weighted by Gasteiger charge is -2.08. The van der Waals surface area contributed by atoms with Crippen LogP contribution in [0.5, 0.6) is 0 Å². The van der Waals surface area contributed by atoms with Crippen LogP contribution in [0.1, 0.15) is 0 Å². The van der Waals surface area contributed by atoms with Crippen LogP contribution >= 0.6 is 34.8 Å². The van der Waals surface area contributed by atoms with Crippen molar-refractivity contribution >= 4 is 40.8 Å². The monoisotopic (exact) mass is 206 g/mol. The van der Waals surface area contributed by atoms with E-state index in [1.54, 1.807) is 0 Å². The number of rotatable bonds is 3. The molecular formula is C4H5Cl3O3. The number of hydrogen-bond acceptors (Lipinski definition) is 2. The molecule has 0 aromatic heterocycles. The highest BCUT2D eigenvalue weighted by atomic mass is 35.6. The van der Waals surface area contributed by atoms with Crippen molar-refractivity contribution in [3.05, 3.63) is 0 Å². The van der Waals surface area contributed by atoms with Crippen LogP contribution in [0.4, 0.5) is 0 Å². The number of carbonyl (C=O) groups is 1. The molecule has 60 valence electrons. The third-order valence-electron chi connectivity index (χ3n) is 0.491. The second kappa shape index (κ2) is 4.23. The molecule has 0 radical (unpaired) electrons. The lowest BCUT2D eigenvalue weighted by Crippen LogP contribution is -2.17. The van der Waals surface area contributed by atoms with Gasteiger partial charge in [-0.1, -0.05) is 34.8 Å². The van der Waals surface area contributed by atoms with Gasteiger partial charge in [-0.2, -0.15) is 0 Å². The molecule has 0 bridgehead atoms. The zero-order chi connectivity index (χ0) is 8.20. The molecule has 0 rings (SSSR count). The highest BCUT2D eigenvalue weighted by Crippen LogP contribution is 2.25. The standard InChI is InChI=1S/C4H5Cl3O3/c5-4(6,7)2-10-1-3(8)9/h1-2H2,(H,8,9). The van der Waals surface area contributed by atoms with E-state index in [4.69, 9.17) is 39.9 Å². The van der Waals surface area contributed by atoms with E-state index in [0.29, 0.717) is 0 Å². The van der Waals surface area contributed by atoms with Gasteiger partial charge < -0.3 is 9.84 Å². The van der Waals surface area contributed by atoms with Crippen LogP contribution in [0.15, 0.2) is 0 Å². The smallest absolute Gasteiger partial charge is 0.329 e. The average Bonchev–Trinajstić information content (AvgIpc) is 1.59. The van der Waals surface area contributed by atoms with Gasteiger partial charge in [0, 0.05) is 0 Å². The van der Waals surface area contributed by atoms with Crippen molar-refractivity contribution in [3.8, 4) is 0 Å². The van der Waals surface area contributed by atoms with Crippen molar-refractivity contribution < 1.29 is 14.6 Å². The van der Waals surface area contributed by atoms with Gasteiger partial charge in [-0.15, -0.1) is 0 Å². The Morgan fingerprint density at radius 1 is 1.50 bits per heavy atom. The fraction of sp³-hybridized carbons (Fsp3) is 0.750. The predicted octanol–water partition coefficient (Wildman–Crippen LogP) is 1.46. The average molecular weight is 207 g/mol. The highest BCUT2D eigenvalue weighted by Gasteiger charge is 2.19. The molecule has 0 heterocycles. The van der Waals surface area contributed by atoms with E-state index in [0.717, 1.165) is 0 Å². The Hall–Kier alpha value is 0.300. The summed E-state index contributed by atoms with van der Waals surface area (Å²) in [6, 6.07) is 0. The van der Waals surface area contributed by atoms with Gasteiger partial charge in [-0.3, -0.25) is 0 Å². The van der Waals surface area contributed by atoms with E-state index in [-0.39, 0.29) is 6.61 Å². The van der Waals surface area contributed by atoms with E-state index < -0.39 is 16.4 Å². The summed E-state index contributed by atoms with van der Waals surface area (Å²) in [6.45, 7) is -0.669. The minimum atomic E-state index is -1.53. The van der Waals surface area contributed by atoms with Gasteiger partial charge in [-0.25, -0.2) is 4.79 Å². The number of carboxylic acids is 1. The lowest BCUT2D eigenvalue weighted by atomic mass is 10.7. The van der Waals surface area contributed by atoms with Gasteiger partial charge in [0.15, 0.2) is 0 Å². The molecule has 0 aliphatic rings. The fourth-order valence-corrected chi connectivity index (χ4v) is 0.486. The fourth-order valence-electron chi connectivity index (χ4n) is 0.254. The summed E-state index contributed by atoms with van der Waals surface area (Å²) in [7, 11) is 0. The van der Waals surface area contributed by atoms with Crippen LogP contribution in [-0.2, 0) is 9.53 Å². The zero-order valence-electron chi connectivity index (χ0n) is 4.81. The molecule has 0 atom stereocenters. The minimum absolute atomic E-state index is 0.218. The van der Waals surface area contributed by atoms with Gasteiger partial charge in [0.1, 0.15) is 6.61 Å². The van der Waals surface area contributed by atoms with Crippen LogP contribution in [0.25, 0.3) is 0 Å². The first kappa shape index (κ1) is 10.3. The van der Waals surface area contributed by atoms with E-state index in [1.807, 2.05) is 0 Å². The lowest BCUT2D eigenvalue weighted by molar-refractivity contribution is -0.142. The SMILES string of the molecule is O=C(O)COCC(Cl)(Cl)Cl. The number of aliphatic carboxylic acids is 1. The predicted molar refractivity (Wildman–Crippen MR) is 38.7 cm³/mol. The Balaban J connectivity index is 3.29. The maximum Gasteiger partial charge on any atom is 0.329 e. The number of alkyl halides is 3. The number of hydrogen-bond donors (Lipinski definition) is 1. The Morgan fingerprint density at radius 2 is 2.00 bits per heavy atom. The Labute approximate surface area is 72.8 Å². The van der Waals surface area contributed by atoms with Crippen molar-refractivity contribution in [2.75, 3.05) is 13.2 Å². The topological polar surface area (TPSA) is 46.5 Å². The number of carboxylic acid groups (broad SMARTS) is 1. The molecule has 1 N–H and O–H groups in total. The highest BCUT2D eigenvalue weighted by molar-refractivity contribution is 6.67. The minimum Gasteiger partial charge on any atom is -0.480 e. The Morgan fingerprint density at radius 3 is 2.30 bits per heavy atom. The Bertz CT molecular complexity index is 119. The number of ether oxygens (including phenoxy) is 1. The van der Waals surface area contributed by atoms with Gasteiger partial charge in [0.2, 0.25) is 3.79 Å². The molecule has 10 heavy (non-hydrogen) atoms. The third-order valence-corrected chi connectivity index (χ3v) is 0.819. The van der Waals surface area contributed by atoms with E-state index in [9.17, 15) is 4.79 Å². The van der Waals surface area contributed by atoms with E-state index >= 15 is 0 Å². The molecule has 0 saturated carbocycles. The van der Waals surface area contributed by atoms with Gasteiger partial charge in [-0.05, 0) is 0 Å². The largest absolute Gasteiger partial charge is 0.480 e. The summed E-state index contributed by atoms with van der Waals surface area (Å²) in [6.07, 6.45) is 0. The van der Waals surface area contributed by atoms with Crippen LogP contribution in [-0.4, -0.2) is 28.1 Å². The first-order valence-electron chi connectivity index (χ1n) is 2.28.